The van der Waals surface area contributed by atoms with Crippen molar-refractivity contribution in [2.75, 3.05) is 30.8 Å². The third-order valence-corrected chi connectivity index (χ3v) is 2.76. The largest absolute Gasteiger partial charge is 0.396 e. The predicted octanol–water partition coefficient (Wildman–Crippen LogP) is 0.881. The zero-order valence-corrected chi connectivity index (χ0v) is 9.50. The van der Waals surface area contributed by atoms with Crippen LogP contribution >= 0.6 is 11.6 Å². The van der Waals surface area contributed by atoms with Crippen LogP contribution in [-0.4, -0.2) is 35.5 Å². The maximum Gasteiger partial charge on any atom is 0.149 e. The molecule has 4 N–H and O–H groups in total. The van der Waals surface area contributed by atoms with E-state index in [0.29, 0.717) is 42.7 Å². The highest BCUT2D eigenvalue weighted by Gasteiger charge is 2.32. The Labute approximate surface area is 98.6 Å². The summed E-state index contributed by atoms with van der Waals surface area (Å²) in [7, 11) is 0. The highest BCUT2D eigenvalue weighted by molar-refractivity contribution is 6.30. The Kier molecular flexibility index (Phi) is 3.18. The van der Waals surface area contributed by atoms with Gasteiger partial charge in [0.2, 0.25) is 0 Å². The molecule has 1 saturated heterocycles. The lowest BCUT2D eigenvalue weighted by atomic mass is 10.0. The normalized spacial score (nSPS) is 24.6. The van der Waals surface area contributed by atoms with E-state index in [0.717, 1.165) is 0 Å². The third kappa shape index (κ3) is 2.55. The predicted molar refractivity (Wildman–Crippen MR) is 62.5 cm³/mol. The molecule has 0 saturated carbocycles. The van der Waals surface area contributed by atoms with Crippen molar-refractivity contribution in [2.24, 2.45) is 0 Å². The molecule has 0 amide bonds. The Morgan fingerprint density at radius 1 is 1.69 bits per heavy atom. The summed E-state index contributed by atoms with van der Waals surface area (Å²) < 4.78 is 5.14. The van der Waals surface area contributed by atoms with Gasteiger partial charge in [-0.2, -0.15) is 0 Å². The molecule has 1 fully saturated rings. The molecule has 0 spiro atoms. The van der Waals surface area contributed by atoms with Crippen LogP contribution in [-0.2, 0) is 4.74 Å². The molecular formula is C10H14ClN3O2. The lowest BCUT2D eigenvalue weighted by Crippen LogP contribution is -2.37. The first-order valence-corrected chi connectivity index (χ1v) is 5.42. The fourth-order valence-electron chi connectivity index (χ4n) is 1.59. The van der Waals surface area contributed by atoms with Gasteiger partial charge in [-0.3, -0.25) is 0 Å². The number of ether oxygens (including phenoxy) is 1. The Balaban J connectivity index is 1.99. The summed E-state index contributed by atoms with van der Waals surface area (Å²) in [5.74, 6) is 0.532. The van der Waals surface area contributed by atoms with Crippen LogP contribution < -0.4 is 11.1 Å². The Hall–Kier alpha value is -1.04. The molecule has 1 aliphatic rings. The van der Waals surface area contributed by atoms with E-state index in [1.54, 1.807) is 6.07 Å². The molecule has 1 atom stereocenters. The molecule has 0 aliphatic carbocycles. The molecule has 16 heavy (non-hydrogen) atoms. The van der Waals surface area contributed by atoms with Crippen LogP contribution in [0.25, 0.3) is 0 Å². The Bertz CT molecular complexity index is 380. The van der Waals surface area contributed by atoms with E-state index in [1.807, 2.05) is 0 Å². The summed E-state index contributed by atoms with van der Waals surface area (Å²) in [5, 5.41) is 13.5. The van der Waals surface area contributed by atoms with Gasteiger partial charge in [0.05, 0.1) is 17.3 Å². The molecule has 2 rings (SSSR count). The van der Waals surface area contributed by atoms with E-state index in [2.05, 4.69) is 10.3 Å². The molecule has 0 radical (unpaired) electrons. The van der Waals surface area contributed by atoms with Crippen molar-refractivity contribution in [2.45, 2.75) is 12.0 Å². The quantitative estimate of drug-likeness (QED) is 0.734. The number of aliphatic hydroxyl groups is 1. The van der Waals surface area contributed by atoms with Crippen molar-refractivity contribution >= 4 is 23.1 Å². The number of rotatable bonds is 3. The number of nitrogens with one attached hydrogen (secondary N) is 1. The van der Waals surface area contributed by atoms with Gasteiger partial charge < -0.3 is 20.9 Å². The van der Waals surface area contributed by atoms with Gasteiger partial charge in [-0.1, -0.05) is 11.6 Å². The minimum Gasteiger partial charge on any atom is -0.396 e. The molecule has 1 aliphatic heterocycles. The summed E-state index contributed by atoms with van der Waals surface area (Å²) in [5.41, 5.74) is 5.37. The first kappa shape index (κ1) is 11.4. The van der Waals surface area contributed by atoms with Gasteiger partial charge in [-0.05, 0) is 6.07 Å². The second-order valence-electron chi connectivity index (χ2n) is 3.97. The van der Waals surface area contributed by atoms with Crippen LogP contribution in [0.5, 0.6) is 0 Å². The molecule has 1 aromatic rings. The summed E-state index contributed by atoms with van der Waals surface area (Å²) in [6.45, 7) is 1.29. The van der Waals surface area contributed by atoms with Crippen LogP contribution in [0.2, 0.25) is 5.02 Å². The topological polar surface area (TPSA) is 80.4 Å². The lowest BCUT2D eigenvalue weighted by Gasteiger charge is -2.21. The second-order valence-corrected chi connectivity index (χ2v) is 4.41. The number of anilines is 2. The molecule has 6 heteroatoms. The summed E-state index contributed by atoms with van der Waals surface area (Å²) in [6.07, 6.45) is 2.13. The number of nitrogens with two attached hydrogens (primary N) is 1. The van der Waals surface area contributed by atoms with E-state index in [4.69, 9.17) is 22.1 Å². The Morgan fingerprint density at radius 3 is 3.12 bits per heavy atom. The second kappa shape index (κ2) is 4.45. The number of nitrogens with zero attached hydrogens (tertiary/aromatic N) is 1. The van der Waals surface area contributed by atoms with E-state index >= 15 is 0 Å². The molecule has 2 heterocycles. The van der Waals surface area contributed by atoms with Gasteiger partial charge in [0, 0.05) is 25.8 Å². The monoisotopic (exact) mass is 243 g/mol. The average molecular weight is 244 g/mol. The maximum atomic E-state index is 10.0. The van der Waals surface area contributed by atoms with E-state index in [-0.39, 0.29) is 0 Å². The van der Waals surface area contributed by atoms with Crippen LogP contribution in [0.15, 0.2) is 12.3 Å². The fraction of sp³-hybridized carbons (Fsp3) is 0.500. The highest BCUT2D eigenvalue weighted by Crippen LogP contribution is 2.22. The first-order chi connectivity index (χ1) is 7.59. The SMILES string of the molecule is Nc1cc(Cl)cnc1NCC1(O)CCOC1. The van der Waals surface area contributed by atoms with Crippen LogP contribution in [0.4, 0.5) is 11.5 Å². The van der Waals surface area contributed by atoms with Gasteiger partial charge in [0.1, 0.15) is 11.4 Å². The zero-order chi connectivity index (χ0) is 11.6. The van der Waals surface area contributed by atoms with Crippen molar-refractivity contribution in [1.29, 1.82) is 0 Å². The summed E-state index contributed by atoms with van der Waals surface area (Å²) in [4.78, 5) is 4.05. The van der Waals surface area contributed by atoms with Crippen molar-refractivity contribution in [3.05, 3.63) is 17.3 Å². The smallest absolute Gasteiger partial charge is 0.149 e. The number of hydrogen-bond acceptors (Lipinski definition) is 5. The molecular weight excluding hydrogens is 230 g/mol. The lowest BCUT2D eigenvalue weighted by molar-refractivity contribution is 0.0381. The van der Waals surface area contributed by atoms with E-state index in [9.17, 15) is 5.11 Å². The molecule has 0 aromatic carbocycles. The fourth-order valence-corrected chi connectivity index (χ4v) is 1.75. The molecule has 1 aromatic heterocycles. The van der Waals surface area contributed by atoms with Crippen molar-refractivity contribution < 1.29 is 9.84 Å². The van der Waals surface area contributed by atoms with E-state index < -0.39 is 5.60 Å². The Morgan fingerprint density at radius 2 is 2.50 bits per heavy atom. The molecule has 0 bridgehead atoms. The average Bonchev–Trinajstić information content (AvgIpc) is 2.64. The summed E-state index contributed by atoms with van der Waals surface area (Å²) >= 11 is 5.73. The minimum atomic E-state index is -0.826. The van der Waals surface area contributed by atoms with Gasteiger partial charge in [0.15, 0.2) is 0 Å². The molecule has 88 valence electrons. The summed E-state index contributed by atoms with van der Waals surface area (Å²) in [6, 6.07) is 1.62. The van der Waals surface area contributed by atoms with Crippen molar-refractivity contribution in [3.8, 4) is 0 Å². The molecule has 5 nitrogen and oxygen atoms in total. The highest BCUT2D eigenvalue weighted by atomic mass is 35.5. The van der Waals surface area contributed by atoms with Crippen molar-refractivity contribution in [1.82, 2.24) is 4.98 Å². The zero-order valence-electron chi connectivity index (χ0n) is 8.74. The van der Waals surface area contributed by atoms with Crippen LogP contribution in [0, 0.1) is 0 Å². The van der Waals surface area contributed by atoms with Gasteiger partial charge in [-0.15, -0.1) is 0 Å². The minimum absolute atomic E-state index is 0.341. The van der Waals surface area contributed by atoms with Gasteiger partial charge >= 0.3 is 0 Å². The standard InChI is InChI=1S/C10H14ClN3O2/c11-7-3-8(12)9(13-4-7)14-5-10(15)1-2-16-6-10/h3-4,15H,1-2,5-6,12H2,(H,13,14). The van der Waals surface area contributed by atoms with E-state index in [1.165, 1.54) is 6.20 Å². The van der Waals surface area contributed by atoms with Crippen LogP contribution in [0.1, 0.15) is 6.42 Å². The number of aromatic nitrogens is 1. The number of pyridine rings is 1. The van der Waals surface area contributed by atoms with Gasteiger partial charge in [0.25, 0.3) is 0 Å². The van der Waals surface area contributed by atoms with Crippen molar-refractivity contribution in [3.63, 3.8) is 0 Å². The number of halogens is 1. The number of hydrogen-bond donors (Lipinski definition) is 3. The maximum absolute atomic E-state index is 10.0. The van der Waals surface area contributed by atoms with Gasteiger partial charge in [-0.25, -0.2) is 4.98 Å². The number of nitrogen functional groups attached to an aromatic ring is 1. The third-order valence-electron chi connectivity index (χ3n) is 2.55. The molecule has 1 unspecified atom stereocenters. The first-order valence-electron chi connectivity index (χ1n) is 5.04. The van der Waals surface area contributed by atoms with Crippen LogP contribution in [0.3, 0.4) is 0 Å².